The van der Waals surface area contributed by atoms with E-state index in [-0.39, 0.29) is 5.91 Å². The smallest absolute Gasteiger partial charge is 0.223 e. The third kappa shape index (κ3) is 5.42. The van der Waals surface area contributed by atoms with Crippen LogP contribution in [0.5, 0.6) is 0 Å². The van der Waals surface area contributed by atoms with E-state index in [0.717, 1.165) is 19.6 Å². The third-order valence-corrected chi connectivity index (χ3v) is 5.75. The molecule has 4 nitrogen and oxygen atoms in total. The van der Waals surface area contributed by atoms with Crippen molar-refractivity contribution < 1.29 is 4.79 Å². The van der Waals surface area contributed by atoms with E-state index in [9.17, 15) is 4.79 Å². The predicted molar refractivity (Wildman–Crippen MR) is 108 cm³/mol. The van der Waals surface area contributed by atoms with E-state index >= 15 is 0 Å². The van der Waals surface area contributed by atoms with Gasteiger partial charge in [-0.1, -0.05) is 42.0 Å². The number of nitrogens with zero attached hydrogens (tertiary/aromatic N) is 2. The molecule has 0 unspecified atom stereocenters. The van der Waals surface area contributed by atoms with Gasteiger partial charge < -0.3 is 15.1 Å². The SMILES string of the molecule is C/C(=C\c1ccccc1)[C@@H]1C[C@H]1NC1CCN(CCC(=O)N(C)C)CC1. The normalized spacial score (nSPS) is 24.5. The van der Waals surface area contributed by atoms with Crippen LogP contribution in [0.2, 0.25) is 0 Å². The number of carbonyl (C=O) groups is 1. The molecule has 1 aliphatic carbocycles. The molecule has 2 aliphatic rings. The number of nitrogens with one attached hydrogen (secondary N) is 1. The Kier molecular flexibility index (Phi) is 6.49. The molecule has 4 heteroatoms. The molecule has 0 bridgehead atoms. The first-order chi connectivity index (χ1) is 12.5. The summed E-state index contributed by atoms with van der Waals surface area (Å²) in [6, 6.07) is 11.9. The average molecular weight is 356 g/mol. The standard InChI is InChI=1S/C22H33N3O/c1-17(15-18-7-5-4-6-8-18)20-16-21(20)23-19-9-12-25(13-10-19)14-11-22(26)24(2)3/h4-8,15,19-21,23H,9-14,16H2,1-3H3/b17-15+/t20-,21+/m0/s1. The predicted octanol–water partition coefficient (Wildman–Crippen LogP) is 3.01. The molecule has 1 saturated heterocycles. The molecule has 1 amide bonds. The van der Waals surface area contributed by atoms with Gasteiger partial charge in [-0.05, 0) is 50.8 Å². The van der Waals surface area contributed by atoms with Crippen molar-refractivity contribution in [3.8, 4) is 0 Å². The molecule has 1 aliphatic heterocycles. The van der Waals surface area contributed by atoms with Gasteiger partial charge in [-0.3, -0.25) is 4.79 Å². The Morgan fingerprint density at radius 2 is 1.92 bits per heavy atom. The van der Waals surface area contributed by atoms with Gasteiger partial charge in [-0.15, -0.1) is 0 Å². The van der Waals surface area contributed by atoms with Crippen molar-refractivity contribution in [3.63, 3.8) is 0 Å². The molecule has 1 aromatic carbocycles. The molecule has 2 atom stereocenters. The number of carbonyl (C=O) groups excluding carboxylic acids is 1. The maximum atomic E-state index is 11.7. The van der Waals surface area contributed by atoms with Crippen LogP contribution in [0.3, 0.4) is 0 Å². The van der Waals surface area contributed by atoms with E-state index in [0.29, 0.717) is 24.4 Å². The zero-order chi connectivity index (χ0) is 18.5. The quantitative estimate of drug-likeness (QED) is 0.817. The van der Waals surface area contributed by atoms with E-state index in [2.05, 4.69) is 53.5 Å². The summed E-state index contributed by atoms with van der Waals surface area (Å²) in [6.45, 7) is 5.38. The fourth-order valence-electron chi connectivity index (χ4n) is 3.90. The first-order valence-corrected chi connectivity index (χ1v) is 9.94. The summed E-state index contributed by atoms with van der Waals surface area (Å²) >= 11 is 0. The average Bonchev–Trinajstić information content (AvgIpc) is 3.41. The fraction of sp³-hybridized carbons (Fsp3) is 0.591. The largest absolute Gasteiger partial charge is 0.349 e. The molecule has 142 valence electrons. The van der Waals surface area contributed by atoms with E-state index in [1.165, 1.54) is 30.4 Å². The van der Waals surface area contributed by atoms with Crippen molar-refractivity contribution in [2.24, 2.45) is 5.92 Å². The summed E-state index contributed by atoms with van der Waals surface area (Å²) in [6.07, 6.45) is 6.63. The summed E-state index contributed by atoms with van der Waals surface area (Å²) < 4.78 is 0. The van der Waals surface area contributed by atoms with Gasteiger partial charge >= 0.3 is 0 Å². The minimum Gasteiger partial charge on any atom is -0.349 e. The fourth-order valence-corrected chi connectivity index (χ4v) is 3.90. The summed E-state index contributed by atoms with van der Waals surface area (Å²) in [5, 5.41) is 3.87. The molecular formula is C22H33N3O. The zero-order valence-corrected chi connectivity index (χ0v) is 16.4. The van der Waals surface area contributed by atoms with Crippen molar-refractivity contribution in [3.05, 3.63) is 41.5 Å². The lowest BCUT2D eigenvalue weighted by molar-refractivity contribution is -0.129. The Balaban J connectivity index is 1.37. The molecular weight excluding hydrogens is 322 g/mol. The number of benzene rings is 1. The minimum atomic E-state index is 0.228. The maximum Gasteiger partial charge on any atom is 0.223 e. The Hall–Kier alpha value is -1.65. The summed E-state index contributed by atoms with van der Waals surface area (Å²) in [5.74, 6) is 0.928. The number of likely N-dealkylation sites (tertiary alicyclic amines) is 1. The first-order valence-electron chi connectivity index (χ1n) is 9.94. The lowest BCUT2D eigenvalue weighted by Crippen LogP contribution is -2.44. The van der Waals surface area contributed by atoms with Gasteiger partial charge in [0.05, 0.1) is 0 Å². The molecule has 2 fully saturated rings. The lowest BCUT2D eigenvalue weighted by atomic mass is 10.0. The molecule has 1 N–H and O–H groups in total. The van der Waals surface area contributed by atoms with Crippen molar-refractivity contribution in [2.75, 3.05) is 33.7 Å². The summed E-state index contributed by atoms with van der Waals surface area (Å²) in [5.41, 5.74) is 2.80. The number of hydrogen-bond acceptors (Lipinski definition) is 3. The van der Waals surface area contributed by atoms with Gasteiger partial charge in [0, 0.05) is 39.1 Å². The Labute approximate surface area is 158 Å². The van der Waals surface area contributed by atoms with Crippen molar-refractivity contribution in [1.82, 2.24) is 15.1 Å². The molecule has 1 heterocycles. The Morgan fingerprint density at radius 3 is 2.58 bits per heavy atom. The molecule has 0 radical (unpaired) electrons. The second-order valence-corrected chi connectivity index (χ2v) is 8.07. The molecule has 0 spiro atoms. The van der Waals surface area contributed by atoms with Crippen molar-refractivity contribution in [1.29, 1.82) is 0 Å². The van der Waals surface area contributed by atoms with Crippen LogP contribution < -0.4 is 5.32 Å². The van der Waals surface area contributed by atoms with Crippen LogP contribution >= 0.6 is 0 Å². The van der Waals surface area contributed by atoms with Crippen LogP contribution in [-0.4, -0.2) is 61.5 Å². The van der Waals surface area contributed by atoms with E-state index in [1.807, 2.05) is 14.1 Å². The highest BCUT2D eigenvalue weighted by Gasteiger charge is 2.39. The van der Waals surface area contributed by atoms with E-state index in [1.54, 1.807) is 4.90 Å². The van der Waals surface area contributed by atoms with Crippen LogP contribution in [0.15, 0.2) is 35.9 Å². The Morgan fingerprint density at radius 1 is 1.23 bits per heavy atom. The Bertz CT molecular complexity index is 618. The highest BCUT2D eigenvalue weighted by atomic mass is 16.2. The van der Waals surface area contributed by atoms with Crippen molar-refractivity contribution >= 4 is 12.0 Å². The zero-order valence-electron chi connectivity index (χ0n) is 16.4. The summed E-state index contributed by atoms with van der Waals surface area (Å²) in [7, 11) is 3.66. The summed E-state index contributed by atoms with van der Waals surface area (Å²) in [4.78, 5) is 15.8. The van der Waals surface area contributed by atoms with Gasteiger partial charge in [0.1, 0.15) is 0 Å². The van der Waals surface area contributed by atoms with Gasteiger partial charge in [0.25, 0.3) is 0 Å². The van der Waals surface area contributed by atoms with Crippen LogP contribution in [0.4, 0.5) is 0 Å². The van der Waals surface area contributed by atoms with Crippen molar-refractivity contribution in [2.45, 2.75) is 44.7 Å². The van der Waals surface area contributed by atoms with Crippen LogP contribution in [0.1, 0.15) is 38.2 Å². The second kappa shape index (κ2) is 8.83. The third-order valence-electron chi connectivity index (χ3n) is 5.75. The van der Waals surface area contributed by atoms with Crippen LogP contribution in [0, 0.1) is 5.92 Å². The second-order valence-electron chi connectivity index (χ2n) is 8.07. The molecule has 26 heavy (non-hydrogen) atoms. The highest BCUT2D eigenvalue weighted by Crippen LogP contribution is 2.38. The lowest BCUT2D eigenvalue weighted by Gasteiger charge is -2.32. The monoisotopic (exact) mass is 355 g/mol. The van der Waals surface area contributed by atoms with Gasteiger partial charge in [0.2, 0.25) is 5.91 Å². The minimum absolute atomic E-state index is 0.228. The number of piperidine rings is 1. The molecule has 0 aromatic heterocycles. The maximum absolute atomic E-state index is 11.7. The van der Waals surface area contributed by atoms with Crippen LogP contribution in [-0.2, 0) is 4.79 Å². The molecule has 3 rings (SSSR count). The van der Waals surface area contributed by atoms with Gasteiger partial charge in [-0.25, -0.2) is 0 Å². The molecule has 1 saturated carbocycles. The topological polar surface area (TPSA) is 35.6 Å². The number of rotatable bonds is 7. The number of amides is 1. The van der Waals surface area contributed by atoms with E-state index < -0.39 is 0 Å². The molecule has 1 aromatic rings. The van der Waals surface area contributed by atoms with Gasteiger partial charge in [-0.2, -0.15) is 0 Å². The number of hydrogen-bond donors (Lipinski definition) is 1. The van der Waals surface area contributed by atoms with Gasteiger partial charge in [0.15, 0.2) is 0 Å². The highest BCUT2D eigenvalue weighted by molar-refractivity contribution is 5.75. The van der Waals surface area contributed by atoms with Crippen LogP contribution in [0.25, 0.3) is 6.08 Å². The van der Waals surface area contributed by atoms with E-state index in [4.69, 9.17) is 0 Å². The first kappa shape index (κ1) is 19.1.